The summed E-state index contributed by atoms with van der Waals surface area (Å²) in [6, 6.07) is 0. The molecule has 0 saturated carbocycles. The first-order chi connectivity index (χ1) is 2.27. The Bertz CT molecular complexity index is 47.6. The number of hydrogen-bond acceptors (Lipinski definition) is 0. The first-order valence-electron chi connectivity index (χ1n) is 1.27. The van der Waals surface area contributed by atoms with Crippen LogP contribution in [0.4, 0.5) is 0 Å². The van der Waals surface area contributed by atoms with Crippen LogP contribution in [-0.4, -0.2) is 18.1 Å². The summed E-state index contributed by atoms with van der Waals surface area (Å²) in [5.41, 5.74) is 1.67. The van der Waals surface area contributed by atoms with Crippen molar-refractivity contribution >= 4 is 27.4 Å². The van der Waals surface area contributed by atoms with Crippen LogP contribution in [0, 0.1) is 0 Å². The second-order valence-electron chi connectivity index (χ2n) is 0.969. The molecule has 0 spiro atoms. The van der Waals surface area contributed by atoms with Gasteiger partial charge in [0.1, 0.15) is 0 Å². The van der Waals surface area contributed by atoms with Gasteiger partial charge in [-0.05, 0) is 0 Å². The molecule has 0 radical (unpaired) electrons. The van der Waals surface area contributed by atoms with Gasteiger partial charge in [-0.2, -0.15) is 0 Å². The molecule has 0 aromatic carbocycles. The molecule has 0 rings (SSSR count). The third kappa shape index (κ3) is 4.70. The average molecular weight is 108 g/mol. The molecule has 0 unspecified atom stereocenters. The Morgan fingerprint density at radius 3 is 1.80 bits per heavy atom. The molecule has 0 heterocycles. The van der Waals surface area contributed by atoms with E-state index in [1.165, 1.54) is 0 Å². The quantitative estimate of drug-likeness (QED) is 0.410. The summed E-state index contributed by atoms with van der Waals surface area (Å²) in [5, 5.41) is 0. The first-order valence-corrected chi connectivity index (χ1v) is 3.81. The van der Waals surface area contributed by atoms with Crippen molar-refractivity contribution in [3.63, 3.8) is 0 Å². The molecule has 0 N–H and O–H groups in total. The first kappa shape index (κ1) is 5.70. The van der Waals surface area contributed by atoms with E-state index in [0.717, 1.165) is 0 Å². The van der Waals surface area contributed by atoms with Gasteiger partial charge in [0.2, 0.25) is 0 Å². The van der Waals surface area contributed by atoms with Crippen LogP contribution >= 0.6 is 21.8 Å². The SMILES string of the molecule is CS(C)=BCl. The molecule has 0 fully saturated rings. The average Bonchev–Trinajstić information content (AvgIpc) is 1.38. The summed E-state index contributed by atoms with van der Waals surface area (Å²) < 4.78 is 0. The second kappa shape index (κ2) is 2.92. The predicted molar refractivity (Wildman–Crippen MR) is 31.0 cm³/mol. The molecule has 0 saturated heterocycles. The van der Waals surface area contributed by atoms with Gasteiger partial charge in [0, 0.05) is 0 Å². The molecular formula is C2H6BClS. The molecule has 0 aliphatic rings. The van der Waals surface area contributed by atoms with Crippen LogP contribution < -0.4 is 0 Å². The van der Waals surface area contributed by atoms with E-state index < -0.39 is 0 Å². The summed E-state index contributed by atoms with van der Waals surface area (Å²) in [4.78, 5) is 0. The van der Waals surface area contributed by atoms with Crippen LogP contribution in [0.1, 0.15) is 0 Å². The zero-order chi connectivity index (χ0) is 4.28. The molecule has 0 aromatic heterocycles. The van der Waals surface area contributed by atoms with Crippen LogP contribution in [0.2, 0.25) is 0 Å². The summed E-state index contributed by atoms with van der Waals surface area (Å²) >= 11 is 5.22. The van der Waals surface area contributed by atoms with Gasteiger partial charge in [-0.25, -0.2) is 0 Å². The normalized spacial score (nSPS) is 8.00. The van der Waals surface area contributed by atoms with Crippen molar-refractivity contribution in [1.29, 1.82) is 0 Å². The van der Waals surface area contributed by atoms with Gasteiger partial charge < -0.3 is 0 Å². The van der Waals surface area contributed by atoms with Gasteiger partial charge in [-0.15, -0.1) is 0 Å². The Balaban J connectivity index is 3.14. The fraction of sp³-hybridized carbons (Fsp3) is 1.00. The monoisotopic (exact) mass is 108 g/mol. The second-order valence-corrected chi connectivity index (χ2v) is 3.44. The zero-order valence-corrected chi connectivity index (χ0v) is 4.94. The van der Waals surface area contributed by atoms with Crippen molar-refractivity contribution in [3.8, 4) is 0 Å². The Hall–Kier alpha value is 0.705. The van der Waals surface area contributed by atoms with Crippen LogP contribution in [0.3, 0.4) is 0 Å². The van der Waals surface area contributed by atoms with Crippen molar-refractivity contribution in [2.24, 2.45) is 0 Å². The van der Waals surface area contributed by atoms with E-state index in [1.807, 2.05) is 0 Å². The summed E-state index contributed by atoms with van der Waals surface area (Å²) in [5.74, 6) is 0. The van der Waals surface area contributed by atoms with E-state index in [0.29, 0.717) is 10.3 Å². The number of rotatable bonds is 0. The molecule has 0 aromatic rings. The molecule has 0 aliphatic heterocycles. The zero-order valence-electron chi connectivity index (χ0n) is 3.36. The van der Waals surface area contributed by atoms with E-state index in [2.05, 4.69) is 12.5 Å². The van der Waals surface area contributed by atoms with Crippen LogP contribution in [0.25, 0.3) is 0 Å². The van der Waals surface area contributed by atoms with Gasteiger partial charge in [-0.1, -0.05) is 0 Å². The Kier molecular flexibility index (Phi) is 3.33. The van der Waals surface area contributed by atoms with Crippen molar-refractivity contribution in [1.82, 2.24) is 0 Å². The summed E-state index contributed by atoms with van der Waals surface area (Å²) in [6.07, 6.45) is 4.12. The minimum atomic E-state index is 0.318. The molecule has 0 nitrogen and oxygen atoms in total. The molecule has 30 valence electrons. The molecule has 0 bridgehead atoms. The van der Waals surface area contributed by atoms with Gasteiger partial charge >= 0.3 is 39.9 Å². The predicted octanol–water partition coefficient (Wildman–Crippen LogP) is 1.29. The van der Waals surface area contributed by atoms with Crippen LogP contribution in [-0.2, 0) is 0 Å². The third-order valence-corrected chi connectivity index (χ3v) is 1.60. The van der Waals surface area contributed by atoms with Gasteiger partial charge in [0.05, 0.1) is 0 Å². The minimum absolute atomic E-state index is 0.318. The van der Waals surface area contributed by atoms with E-state index in [-0.39, 0.29) is 0 Å². The summed E-state index contributed by atoms with van der Waals surface area (Å²) in [7, 11) is 0.318. The van der Waals surface area contributed by atoms with Crippen molar-refractivity contribution in [2.45, 2.75) is 0 Å². The Morgan fingerprint density at radius 1 is 1.60 bits per heavy atom. The Morgan fingerprint density at radius 2 is 1.80 bits per heavy atom. The standard InChI is InChI=1S/C2H6BClS/c1-5(2)3-4/h1-2H3. The van der Waals surface area contributed by atoms with Crippen molar-refractivity contribution in [2.75, 3.05) is 12.5 Å². The number of hydrogen-bond donors (Lipinski definition) is 0. The molecule has 3 heteroatoms. The van der Waals surface area contributed by atoms with Crippen LogP contribution in [0.15, 0.2) is 0 Å². The maximum atomic E-state index is 5.22. The molecular weight excluding hydrogens is 102 g/mol. The van der Waals surface area contributed by atoms with Gasteiger partial charge in [0.25, 0.3) is 0 Å². The Labute approximate surface area is 40.5 Å². The van der Waals surface area contributed by atoms with Crippen molar-refractivity contribution in [3.05, 3.63) is 0 Å². The topological polar surface area (TPSA) is 0 Å². The van der Waals surface area contributed by atoms with E-state index in [4.69, 9.17) is 11.5 Å². The van der Waals surface area contributed by atoms with Crippen molar-refractivity contribution < 1.29 is 0 Å². The molecule has 0 aliphatic carbocycles. The molecule has 5 heavy (non-hydrogen) atoms. The van der Waals surface area contributed by atoms with E-state index in [9.17, 15) is 0 Å². The van der Waals surface area contributed by atoms with Crippen LogP contribution in [0.5, 0.6) is 0 Å². The fourth-order valence-corrected chi connectivity index (χ4v) is 0. The maximum absolute atomic E-state index is 5.22. The third-order valence-electron chi connectivity index (χ3n) is 0.178. The van der Waals surface area contributed by atoms with Gasteiger partial charge in [0.15, 0.2) is 0 Å². The van der Waals surface area contributed by atoms with E-state index >= 15 is 0 Å². The molecule has 0 amide bonds. The number of halogens is 1. The van der Waals surface area contributed by atoms with E-state index in [1.54, 1.807) is 5.57 Å². The van der Waals surface area contributed by atoms with Gasteiger partial charge in [-0.3, -0.25) is 0 Å². The summed E-state index contributed by atoms with van der Waals surface area (Å²) in [6.45, 7) is 0. The molecule has 0 atom stereocenters. The fourth-order valence-electron chi connectivity index (χ4n) is 0.